The van der Waals surface area contributed by atoms with Crippen molar-refractivity contribution in [1.29, 1.82) is 0 Å². The molecule has 2 unspecified atom stereocenters. The zero-order chi connectivity index (χ0) is 27.9. The molecule has 7 nitrogen and oxygen atoms in total. The fourth-order valence-electron chi connectivity index (χ4n) is 5.00. The summed E-state index contributed by atoms with van der Waals surface area (Å²) in [6.45, 7) is 2.62. The van der Waals surface area contributed by atoms with Gasteiger partial charge >= 0.3 is 6.09 Å². The smallest absolute Gasteiger partial charge is 0.407 e. The normalized spacial score (nSPS) is 13.6. The Kier molecular flexibility index (Phi) is 8.64. The van der Waals surface area contributed by atoms with Crippen LogP contribution in [0.15, 0.2) is 97.1 Å². The molecule has 4 aromatic carbocycles. The van der Waals surface area contributed by atoms with Gasteiger partial charge in [0.05, 0.1) is 6.61 Å². The molecule has 1 aliphatic carbocycles. The summed E-state index contributed by atoms with van der Waals surface area (Å²) in [5, 5.41) is 24.0. The van der Waals surface area contributed by atoms with Gasteiger partial charge in [-0.1, -0.05) is 84.9 Å². The molecule has 0 heterocycles. The molecule has 0 spiro atoms. The molecular weight excluding hydrogens is 506 g/mol. The molecule has 0 aromatic heterocycles. The summed E-state index contributed by atoms with van der Waals surface area (Å²) >= 11 is 0. The number of hydrogen-bond donors (Lipinski definition) is 3. The maximum Gasteiger partial charge on any atom is 0.407 e. The fraction of sp³-hybridized carbons (Fsp3) is 0.242. The number of rotatable bonds is 11. The van der Waals surface area contributed by atoms with Crippen LogP contribution in [0.25, 0.3) is 11.1 Å². The summed E-state index contributed by atoms with van der Waals surface area (Å²) in [7, 11) is 0. The third-order valence-corrected chi connectivity index (χ3v) is 7.01. The van der Waals surface area contributed by atoms with Crippen molar-refractivity contribution in [1.82, 2.24) is 5.32 Å². The van der Waals surface area contributed by atoms with Crippen molar-refractivity contribution in [2.45, 2.75) is 31.7 Å². The minimum Gasteiger partial charge on any atom is -0.490 e. The minimum absolute atomic E-state index is 0.0618. The SMILES string of the molecule is CCOc1cc(C(O)C(O)CNC(=O)OCC2c3ccccc3-c3ccccc32)ccc1OCc1ccccc1. The molecule has 0 saturated carbocycles. The molecular formula is C33H33NO6. The van der Waals surface area contributed by atoms with Crippen molar-refractivity contribution >= 4 is 6.09 Å². The average Bonchev–Trinajstić information content (AvgIpc) is 3.32. The van der Waals surface area contributed by atoms with Crippen molar-refractivity contribution in [2.75, 3.05) is 19.8 Å². The van der Waals surface area contributed by atoms with Gasteiger partial charge in [-0.05, 0) is 52.4 Å². The maximum atomic E-state index is 12.5. The number of amides is 1. The van der Waals surface area contributed by atoms with Crippen molar-refractivity contribution in [3.63, 3.8) is 0 Å². The van der Waals surface area contributed by atoms with Crippen LogP contribution in [0.4, 0.5) is 4.79 Å². The van der Waals surface area contributed by atoms with Crippen LogP contribution < -0.4 is 14.8 Å². The van der Waals surface area contributed by atoms with E-state index in [0.717, 1.165) is 27.8 Å². The Morgan fingerprint density at radius 2 is 1.48 bits per heavy atom. The number of aliphatic hydroxyl groups excluding tert-OH is 2. The molecule has 40 heavy (non-hydrogen) atoms. The number of fused-ring (bicyclic) bond motifs is 3. The lowest BCUT2D eigenvalue weighted by Gasteiger charge is -2.21. The van der Waals surface area contributed by atoms with Gasteiger partial charge in [0.15, 0.2) is 11.5 Å². The molecule has 0 radical (unpaired) electrons. The molecule has 0 fully saturated rings. The molecule has 2 atom stereocenters. The van der Waals surface area contributed by atoms with E-state index >= 15 is 0 Å². The lowest BCUT2D eigenvalue weighted by atomic mass is 9.98. The highest BCUT2D eigenvalue weighted by atomic mass is 16.5. The Morgan fingerprint density at radius 3 is 2.15 bits per heavy atom. The van der Waals surface area contributed by atoms with Gasteiger partial charge in [-0.25, -0.2) is 4.79 Å². The Balaban J connectivity index is 1.16. The summed E-state index contributed by atoms with van der Waals surface area (Å²) in [5.74, 6) is 0.938. The number of ether oxygens (including phenoxy) is 3. The first kappa shape index (κ1) is 27.2. The number of benzene rings is 4. The number of alkyl carbamates (subject to hydrolysis) is 1. The lowest BCUT2D eigenvalue weighted by Crippen LogP contribution is -2.36. The molecule has 0 saturated heterocycles. The zero-order valence-electron chi connectivity index (χ0n) is 22.3. The second kappa shape index (κ2) is 12.7. The average molecular weight is 540 g/mol. The molecule has 0 aliphatic heterocycles. The van der Waals surface area contributed by atoms with Gasteiger partial charge < -0.3 is 29.7 Å². The quantitative estimate of drug-likeness (QED) is 0.230. The molecule has 1 aliphatic rings. The first-order chi connectivity index (χ1) is 19.5. The van der Waals surface area contributed by atoms with Gasteiger partial charge in [-0.2, -0.15) is 0 Å². The molecule has 1 amide bonds. The molecule has 0 bridgehead atoms. The van der Waals surface area contributed by atoms with Crippen molar-refractivity contribution < 1.29 is 29.2 Å². The van der Waals surface area contributed by atoms with Crippen molar-refractivity contribution in [3.8, 4) is 22.6 Å². The molecule has 7 heteroatoms. The van der Waals surface area contributed by atoms with Crippen LogP contribution in [-0.2, 0) is 11.3 Å². The van der Waals surface area contributed by atoms with Gasteiger partial charge in [-0.15, -0.1) is 0 Å². The van der Waals surface area contributed by atoms with E-state index in [1.807, 2.05) is 61.5 Å². The number of carbonyl (C=O) groups excluding carboxylic acids is 1. The first-order valence-electron chi connectivity index (χ1n) is 13.4. The number of nitrogens with one attached hydrogen (secondary N) is 1. The Labute approximate surface area is 234 Å². The monoisotopic (exact) mass is 539 g/mol. The number of carbonyl (C=O) groups is 1. The Hall–Kier alpha value is -4.33. The van der Waals surface area contributed by atoms with Crippen LogP contribution >= 0.6 is 0 Å². The fourth-order valence-corrected chi connectivity index (χ4v) is 5.00. The van der Waals surface area contributed by atoms with E-state index < -0.39 is 18.3 Å². The van der Waals surface area contributed by atoms with Crippen LogP contribution in [-0.4, -0.2) is 42.2 Å². The first-order valence-corrected chi connectivity index (χ1v) is 13.4. The van der Waals surface area contributed by atoms with Gasteiger partial charge in [0.1, 0.15) is 25.4 Å². The van der Waals surface area contributed by atoms with Gasteiger partial charge in [0.2, 0.25) is 0 Å². The summed E-state index contributed by atoms with van der Waals surface area (Å²) in [4.78, 5) is 12.5. The largest absolute Gasteiger partial charge is 0.490 e. The van der Waals surface area contributed by atoms with E-state index in [9.17, 15) is 15.0 Å². The van der Waals surface area contributed by atoms with E-state index in [0.29, 0.717) is 30.3 Å². The van der Waals surface area contributed by atoms with E-state index in [1.165, 1.54) is 0 Å². The predicted octanol–water partition coefficient (Wildman–Crippen LogP) is 5.60. The highest BCUT2D eigenvalue weighted by Crippen LogP contribution is 2.44. The van der Waals surface area contributed by atoms with E-state index in [2.05, 4.69) is 29.6 Å². The summed E-state index contributed by atoms with van der Waals surface area (Å²) < 4.78 is 17.2. The number of aliphatic hydroxyl groups is 2. The van der Waals surface area contributed by atoms with E-state index in [-0.39, 0.29) is 19.1 Å². The van der Waals surface area contributed by atoms with Gasteiger partial charge in [0, 0.05) is 12.5 Å². The van der Waals surface area contributed by atoms with Crippen molar-refractivity contribution in [3.05, 3.63) is 119 Å². The summed E-state index contributed by atoms with van der Waals surface area (Å²) in [6.07, 6.45) is -3.17. The summed E-state index contributed by atoms with van der Waals surface area (Å²) in [5.41, 5.74) is 5.99. The standard InChI is InChI=1S/C33H33NO6/c1-2-38-31-18-23(16-17-30(31)39-20-22-10-4-3-5-11-22)32(36)29(35)19-34-33(37)40-21-28-26-14-8-6-12-24(26)25-13-7-9-15-27(25)28/h3-18,28-29,32,35-36H,2,19-21H2,1H3,(H,34,37). The third kappa shape index (κ3) is 6.11. The molecule has 206 valence electrons. The van der Waals surface area contributed by atoms with E-state index in [1.54, 1.807) is 18.2 Å². The second-order valence-corrected chi connectivity index (χ2v) is 9.63. The predicted molar refractivity (Wildman–Crippen MR) is 152 cm³/mol. The van der Waals surface area contributed by atoms with Crippen LogP contribution in [0.2, 0.25) is 0 Å². The van der Waals surface area contributed by atoms with Crippen LogP contribution in [0, 0.1) is 0 Å². The van der Waals surface area contributed by atoms with Gasteiger partial charge in [-0.3, -0.25) is 0 Å². The molecule has 5 rings (SSSR count). The second-order valence-electron chi connectivity index (χ2n) is 9.63. The van der Waals surface area contributed by atoms with Crippen LogP contribution in [0.3, 0.4) is 0 Å². The molecule has 3 N–H and O–H groups in total. The van der Waals surface area contributed by atoms with Gasteiger partial charge in [0.25, 0.3) is 0 Å². The van der Waals surface area contributed by atoms with E-state index in [4.69, 9.17) is 14.2 Å². The van der Waals surface area contributed by atoms with Crippen LogP contribution in [0.1, 0.15) is 41.2 Å². The third-order valence-electron chi connectivity index (χ3n) is 7.01. The Bertz CT molecular complexity index is 1390. The highest BCUT2D eigenvalue weighted by Gasteiger charge is 2.29. The Morgan fingerprint density at radius 1 is 0.825 bits per heavy atom. The van der Waals surface area contributed by atoms with Crippen molar-refractivity contribution in [2.24, 2.45) is 0 Å². The number of hydrogen-bond acceptors (Lipinski definition) is 6. The highest BCUT2D eigenvalue weighted by molar-refractivity contribution is 5.79. The zero-order valence-corrected chi connectivity index (χ0v) is 22.3. The lowest BCUT2D eigenvalue weighted by molar-refractivity contribution is 0.0184. The topological polar surface area (TPSA) is 97.2 Å². The van der Waals surface area contributed by atoms with Crippen LogP contribution in [0.5, 0.6) is 11.5 Å². The minimum atomic E-state index is -1.26. The maximum absolute atomic E-state index is 12.5. The molecule has 4 aromatic rings. The summed E-state index contributed by atoms with van der Waals surface area (Å²) in [6, 6.07) is 31.0.